The number of benzene rings is 1. The van der Waals surface area contributed by atoms with Crippen LogP contribution >= 0.6 is 11.6 Å². The first-order chi connectivity index (χ1) is 10.5. The molecule has 112 valence electrons. The largest absolute Gasteiger partial charge is 0.274 e. The molecule has 1 heterocycles. The van der Waals surface area contributed by atoms with Crippen molar-refractivity contribution in [2.24, 2.45) is 23.7 Å². The van der Waals surface area contributed by atoms with E-state index < -0.39 is 0 Å². The number of hydrogen-bond donors (Lipinski definition) is 0. The lowest BCUT2D eigenvalue weighted by Gasteiger charge is -2.19. The van der Waals surface area contributed by atoms with E-state index in [1.54, 1.807) is 24.3 Å². The zero-order chi connectivity index (χ0) is 15.6. The molecule has 4 rings (SSSR count). The number of fused-ring (bicyclic) bond motifs is 5. The molecule has 2 amide bonds. The Bertz CT molecular complexity index is 726. The van der Waals surface area contributed by atoms with Crippen LogP contribution in [-0.4, -0.2) is 11.8 Å². The molecule has 0 spiro atoms. The highest BCUT2D eigenvalue weighted by Crippen LogP contribution is 2.57. The van der Waals surface area contributed by atoms with E-state index in [-0.39, 0.29) is 35.5 Å². The SMILES string of the molecule is CC(C)=C1[C@H]2C=C[C@H]1[C@H]1C(=O)N(c3cccc(Cl)c3)C(=O)[C@H]12. The first kappa shape index (κ1) is 13.8. The summed E-state index contributed by atoms with van der Waals surface area (Å²) in [6, 6.07) is 6.94. The second-order valence-corrected chi connectivity index (χ2v) is 6.87. The fourth-order valence-corrected chi connectivity index (χ4v) is 4.48. The van der Waals surface area contributed by atoms with Crippen LogP contribution in [0.15, 0.2) is 47.6 Å². The summed E-state index contributed by atoms with van der Waals surface area (Å²) in [6.45, 7) is 4.13. The number of carbonyl (C=O) groups is 2. The molecule has 1 aromatic carbocycles. The van der Waals surface area contributed by atoms with Gasteiger partial charge in [-0.1, -0.05) is 41.0 Å². The van der Waals surface area contributed by atoms with Gasteiger partial charge >= 0.3 is 0 Å². The van der Waals surface area contributed by atoms with Crippen LogP contribution in [0.3, 0.4) is 0 Å². The average molecular weight is 314 g/mol. The van der Waals surface area contributed by atoms with Gasteiger partial charge in [-0.25, -0.2) is 4.90 Å². The van der Waals surface area contributed by atoms with Gasteiger partial charge in [0.25, 0.3) is 0 Å². The number of carbonyl (C=O) groups excluding carboxylic acids is 2. The van der Waals surface area contributed by atoms with Gasteiger partial charge in [0.2, 0.25) is 11.8 Å². The van der Waals surface area contributed by atoms with Crippen LogP contribution < -0.4 is 4.90 Å². The molecule has 0 radical (unpaired) electrons. The molecule has 0 N–H and O–H groups in total. The van der Waals surface area contributed by atoms with Gasteiger partial charge in [0, 0.05) is 16.9 Å². The molecule has 0 aromatic heterocycles. The van der Waals surface area contributed by atoms with Crippen molar-refractivity contribution in [3.8, 4) is 0 Å². The molecule has 1 saturated heterocycles. The maximum absolute atomic E-state index is 12.9. The third kappa shape index (κ3) is 1.63. The van der Waals surface area contributed by atoms with Gasteiger partial charge in [-0.15, -0.1) is 0 Å². The van der Waals surface area contributed by atoms with Gasteiger partial charge < -0.3 is 0 Å². The molecule has 1 aliphatic heterocycles. The molecule has 1 aromatic rings. The maximum atomic E-state index is 12.9. The number of rotatable bonds is 1. The molecule has 2 fully saturated rings. The summed E-state index contributed by atoms with van der Waals surface area (Å²) in [5.74, 6) is -0.500. The summed E-state index contributed by atoms with van der Waals surface area (Å²) in [4.78, 5) is 27.1. The fraction of sp³-hybridized carbons (Fsp3) is 0.333. The van der Waals surface area contributed by atoms with E-state index in [0.29, 0.717) is 10.7 Å². The minimum atomic E-state index is -0.244. The highest BCUT2D eigenvalue weighted by Gasteiger charge is 2.61. The minimum absolute atomic E-state index is 0.0839. The van der Waals surface area contributed by atoms with Crippen LogP contribution in [-0.2, 0) is 9.59 Å². The van der Waals surface area contributed by atoms with E-state index >= 15 is 0 Å². The minimum Gasteiger partial charge on any atom is -0.274 e. The lowest BCUT2D eigenvalue weighted by Crippen LogP contribution is -2.33. The highest BCUT2D eigenvalue weighted by atomic mass is 35.5. The van der Waals surface area contributed by atoms with Gasteiger partial charge in [0.15, 0.2) is 0 Å². The lowest BCUT2D eigenvalue weighted by molar-refractivity contribution is -0.122. The first-order valence-corrected chi connectivity index (χ1v) is 7.87. The summed E-state index contributed by atoms with van der Waals surface area (Å²) in [5.41, 5.74) is 3.07. The molecular formula is C18H16ClNO2. The summed E-state index contributed by atoms with van der Waals surface area (Å²) in [5, 5.41) is 0.529. The maximum Gasteiger partial charge on any atom is 0.238 e. The second kappa shape index (κ2) is 4.56. The predicted molar refractivity (Wildman–Crippen MR) is 85.4 cm³/mol. The topological polar surface area (TPSA) is 37.4 Å². The zero-order valence-electron chi connectivity index (χ0n) is 12.4. The summed E-state index contributed by atoms with van der Waals surface area (Å²) >= 11 is 6.00. The van der Waals surface area contributed by atoms with Crippen molar-refractivity contribution >= 4 is 29.1 Å². The van der Waals surface area contributed by atoms with E-state index in [9.17, 15) is 9.59 Å². The van der Waals surface area contributed by atoms with Crippen LogP contribution in [0.2, 0.25) is 5.02 Å². The average Bonchev–Trinajstić information content (AvgIpc) is 3.09. The fourth-order valence-electron chi connectivity index (χ4n) is 4.30. The summed E-state index contributed by atoms with van der Waals surface area (Å²) < 4.78 is 0. The van der Waals surface area contributed by atoms with Gasteiger partial charge in [0.1, 0.15) is 0 Å². The standard InChI is InChI=1S/C18H16ClNO2/c1-9(2)14-12-6-7-13(14)16-15(12)17(21)20(18(16)22)11-5-3-4-10(19)8-11/h3-8,12-13,15-16H,1-2H3/t12-,13-,15-,16+/m1/s1. The molecule has 0 unspecified atom stereocenters. The molecule has 3 aliphatic rings. The Morgan fingerprint density at radius 3 is 2.14 bits per heavy atom. The van der Waals surface area contributed by atoms with Crippen LogP contribution in [0.4, 0.5) is 5.69 Å². The number of allylic oxidation sites excluding steroid dienone is 4. The number of imide groups is 1. The van der Waals surface area contributed by atoms with E-state index in [0.717, 1.165) is 0 Å². The molecule has 22 heavy (non-hydrogen) atoms. The molecule has 3 nitrogen and oxygen atoms in total. The summed E-state index contributed by atoms with van der Waals surface area (Å²) in [7, 11) is 0. The van der Waals surface area contributed by atoms with Crippen molar-refractivity contribution in [2.45, 2.75) is 13.8 Å². The molecule has 2 bridgehead atoms. The number of amides is 2. The Hall–Kier alpha value is -1.87. The Morgan fingerprint density at radius 2 is 1.64 bits per heavy atom. The van der Waals surface area contributed by atoms with Gasteiger partial charge in [0.05, 0.1) is 17.5 Å². The third-order valence-corrected chi connectivity index (χ3v) is 5.29. The third-order valence-electron chi connectivity index (χ3n) is 5.06. The molecular weight excluding hydrogens is 298 g/mol. The smallest absolute Gasteiger partial charge is 0.238 e. The van der Waals surface area contributed by atoms with Crippen LogP contribution in [0, 0.1) is 23.7 Å². The van der Waals surface area contributed by atoms with Gasteiger partial charge in [-0.05, 0) is 32.0 Å². The number of anilines is 1. The van der Waals surface area contributed by atoms with Gasteiger partial charge in [-0.2, -0.15) is 0 Å². The van der Waals surface area contributed by atoms with Crippen molar-refractivity contribution in [2.75, 3.05) is 4.90 Å². The van der Waals surface area contributed by atoms with Crippen molar-refractivity contribution < 1.29 is 9.59 Å². The number of halogens is 1. The van der Waals surface area contributed by atoms with Crippen LogP contribution in [0.5, 0.6) is 0 Å². The van der Waals surface area contributed by atoms with E-state index in [1.807, 2.05) is 0 Å². The van der Waals surface area contributed by atoms with Crippen molar-refractivity contribution in [1.82, 2.24) is 0 Å². The Balaban J connectivity index is 1.78. The number of nitrogens with zero attached hydrogens (tertiary/aromatic N) is 1. The van der Waals surface area contributed by atoms with Crippen LogP contribution in [0.1, 0.15) is 13.8 Å². The Labute approximate surface area is 134 Å². The van der Waals surface area contributed by atoms with E-state index in [4.69, 9.17) is 11.6 Å². The highest BCUT2D eigenvalue weighted by molar-refractivity contribution is 6.31. The second-order valence-electron chi connectivity index (χ2n) is 6.44. The van der Waals surface area contributed by atoms with Crippen LogP contribution in [0.25, 0.3) is 0 Å². The molecule has 1 saturated carbocycles. The number of hydrogen-bond acceptors (Lipinski definition) is 2. The molecule has 4 heteroatoms. The van der Waals surface area contributed by atoms with Gasteiger partial charge in [-0.3, -0.25) is 9.59 Å². The Kier molecular flexibility index (Phi) is 2.85. The zero-order valence-corrected chi connectivity index (χ0v) is 13.2. The quantitative estimate of drug-likeness (QED) is 0.587. The first-order valence-electron chi connectivity index (χ1n) is 7.49. The Morgan fingerprint density at radius 1 is 1.05 bits per heavy atom. The van der Waals surface area contributed by atoms with Crippen molar-refractivity contribution in [3.05, 3.63) is 52.6 Å². The van der Waals surface area contributed by atoms with E-state index in [1.165, 1.54) is 16.0 Å². The summed E-state index contributed by atoms with van der Waals surface area (Å²) in [6.07, 6.45) is 4.20. The van der Waals surface area contributed by atoms with Crippen molar-refractivity contribution in [3.63, 3.8) is 0 Å². The predicted octanol–water partition coefficient (Wildman–Crippen LogP) is 3.60. The monoisotopic (exact) mass is 313 g/mol. The lowest BCUT2D eigenvalue weighted by atomic mass is 9.85. The molecule has 2 aliphatic carbocycles. The van der Waals surface area contributed by atoms with E-state index in [2.05, 4.69) is 26.0 Å². The van der Waals surface area contributed by atoms with Crippen molar-refractivity contribution in [1.29, 1.82) is 0 Å². The molecule has 4 atom stereocenters. The normalized spacial score (nSPS) is 32.1.